The minimum atomic E-state index is -0.555. The van der Waals surface area contributed by atoms with Crippen molar-refractivity contribution in [1.29, 1.82) is 0 Å². The first-order valence-corrected chi connectivity index (χ1v) is 11.3. The van der Waals surface area contributed by atoms with Gasteiger partial charge in [-0.3, -0.25) is 0 Å². The molecule has 2 saturated carbocycles. The van der Waals surface area contributed by atoms with Gasteiger partial charge in [0.25, 0.3) is 0 Å². The van der Waals surface area contributed by atoms with E-state index in [-0.39, 0.29) is 5.41 Å². The van der Waals surface area contributed by atoms with Gasteiger partial charge in [-0.2, -0.15) is 0 Å². The lowest BCUT2D eigenvalue weighted by atomic mass is 9.42. The fourth-order valence-corrected chi connectivity index (χ4v) is 8.26. The predicted molar refractivity (Wildman–Crippen MR) is 105 cm³/mol. The van der Waals surface area contributed by atoms with Crippen LogP contribution in [0.3, 0.4) is 0 Å². The first-order valence-electron chi connectivity index (χ1n) is 9.28. The molecule has 0 aromatic rings. The zero-order valence-corrected chi connectivity index (χ0v) is 18.2. The van der Waals surface area contributed by atoms with Gasteiger partial charge in [-0.05, 0) is 67.6 Å². The summed E-state index contributed by atoms with van der Waals surface area (Å²) in [6.45, 7) is 9.29. The van der Waals surface area contributed by atoms with E-state index in [1.165, 1.54) is 19.3 Å². The van der Waals surface area contributed by atoms with Gasteiger partial charge >= 0.3 is 0 Å². The molecular weight excluding hydrogens is 416 g/mol. The molecule has 0 heterocycles. The van der Waals surface area contributed by atoms with Crippen LogP contribution < -0.4 is 0 Å². The van der Waals surface area contributed by atoms with Crippen LogP contribution in [0.1, 0.15) is 59.8 Å². The predicted octanol–water partition coefficient (Wildman–Crippen LogP) is 5.94. The molecule has 0 unspecified atom stereocenters. The fraction of sp³-hybridized carbons (Fsp3) is 0.900. The van der Waals surface area contributed by atoms with Gasteiger partial charge in [0.2, 0.25) is 0 Å². The second-order valence-electron chi connectivity index (χ2n) is 9.25. The molecule has 132 valence electrons. The van der Waals surface area contributed by atoms with E-state index < -0.39 is 5.60 Å². The van der Waals surface area contributed by atoms with Crippen LogP contribution in [0.5, 0.6) is 0 Å². The Morgan fingerprint density at radius 2 is 1.91 bits per heavy atom. The molecular formula is C20H32Br2O. The minimum Gasteiger partial charge on any atom is -0.390 e. The van der Waals surface area contributed by atoms with E-state index in [0.717, 1.165) is 18.2 Å². The Kier molecular flexibility index (Phi) is 4.91. The molecule has 3 aliphatic rings. The lowest BCUT2D eigenvalue weighted by Crippen LogP contribution is -2.64. The summed E-state index contributed by atoms with van der Waals surface area (Å²) in [7, 11) is 0. The molecule has 0 bridgehead atoms. The third-order valence-electron chi connectivity index (χ3n) is 7.68. The van der Waals surface area contributed by atoms with Crippen LogP contribution in [-0.4, -0.2) is 20.9 Å². The normalized spacial score (nSPS) is 53.0. The van der Waals surface area contributed by atoms with E-state index in [9.17, 15) is 5.11 Å². The van der Waals surface area contributed by atoms with Crippen LogP contribution in [0.4, 0.5) is 0 Å². The topological polar surface area (TPSA) is 20.2 Å². The second kappa shape index (κ2) is 6.13. The number of alkyl halides is 2. The summed E-state index contributed by atoms with van der Waals surface area (Å²) < 4.78 is 0. The number of aliphatic hydroxyl groups is 1. The quantitative estimate of drug-likeness (QED) is 0.410. The third kappa shape index (κ3) is 2.63. The van der Waals surface area contributed by atoms with Gasteiger partial charge in [0.05, 0.1) is 5.60 Å². The molecule has 1 nitrogen and oxygen atoms in total. The molecule has 23 heavy (non-hydrogen) atoms. The van der Waals surface area contributed by atoms with Crippen molar-refractivity contribution in [2.45, 2.75) is 70.2 Å². The molecule has 3 rings (SSSR count). The van der Waals surface area contributed by atoms with Gasteiger partial charge in [0, 0.05) is 16.1 Å². The van der Waals surface area contributed by atoms with Crippen LogP contribution in [0.25, 0.3) is 0 Å². The summed E-state index contributed by atoms with van der Waals surface area (Å²) in [5, 5.41) is 12.4. The molecule has 0 amide bonds. The average Bonchev–Trinajstić information content (AvgIpc) is 2.50. The molecule has 2 fully saturated rings. The molecule has 0 radical (unpaired) electrons. The molecule has 0 aromatic carbocycles. The second-order valence-corrected chi connectivity index (χ2v) is 10.9. The standard InChI is InChI=1S/C20H32Br2O/c1-13(2)14-6-5-7-15-17-18(3,10-11-20(14,15)12-21)16(22)8-9-19(17,4)23/h5,7,13-17,23H,6,8-12H2,1-4H3/t14-,15-,16-,17-,18+,19+,20-/m0/s1. The van der Waals surface area contributed by atoms with E-state index in [1.807, 2.05) is 0 Å². The number of hydrogen-bond acceptors (Lipinski definition) is 1. The Labute approximate surface area is 158 Å². The maximum absolute atomic E-state index is 11.4. The summed E-state index contributed by atoms with van der Waals surface area (Å²) >= 11 is 7.90. The highest BCUT2D eigenvalue weighted by molar-refractivity contribution is 9.09. The highest BCUT2D eigenvalue weighted by atomic mass is 79.9. The van der Waals surface area contributed by atoms with Gasteiger partial charge in [-0.1, -0.05) is 64.8 Å². The maximum Gasteiger partial charge on any atom is 0.0659 e. The first-order chi connectivity index (χ1) is 10.7. The van der Waals surface area contributed by atoms with Crippen LogP contribution >= 0.6 is 31.9 Å². The Bertz CT molecular complexity index is 486. The zero-order chi connectivity index (χ0) is 17.0. The number of fused-ring (bicyclic) bond motifs is 3. The van der Waals surface area contributed by atoms with Crippen LogP contribution in [0.15, 0.2) is 12.2 Å². The summed E-state index contributed by atoms with van der Waals surface area (Å²) in [4.78, 5) is 0.529. The number of allylic oxidation sites excluding steroid dienone is 2. The molecule has 0 aliphatic heterocycles. The number of rotatable bonds is 2. The van der Waals surface area contributed by atoms with Crippen molar-refractivity contribution in [2.24, 2.45) is 34.5 Å². The fourth-order valence-electron chi connectivity index (χ4n) is 6.45. The summed E-state index contributed by atoms with van der Waals surface area (Å²) in [6, 6.07) is 0. The van der Waals surface area contributed by atoms with Crippen LogP contribution in [0.2, 0.25) is 0 Å². The maximum atomic E-state index is 11.4. The molecule has 7 atom stereocenters. The molecule has 0 saturated heterocycles. The Morgan fingerprint density at radius 3 is 2.52 bits per heavy atom. The van der Waals surface area contributed by atoms with Gasteiger partial charge in [-0.25, -0.2) is 0 Å². The zero-order valence-electron chi connectivity index (χ0n) is 15.0. The molecule has 3 aliphatic carbocycles. The Hall–Kier alpha value is 0.660. The van der Waals surface area contributed by atoms with Crippen molar-refractivity contribution < 1.29 is 5.11 Å². The van der Waals surface area contributed by atoms with Crippen molar-refractivity contribution in [3.05, 3.63) is 12.2 Å². The van der Waals surface area contributed by atoms with Crippen molar-refractivity contribution >= 4 is 31.9 Å². The largest absolute Gasteiger partial charge is 0.390 e. The summed E-state index contributed by atoms with van der Waals surface area (Å²) in [6.07, 6.45) is 10.6. The lowest BCUT2D eigenvalue weighted by Gasteiger charge is -2.65. The minimum absolute atomic E-state index is 0.196. The van der Waals surface area contributed by atoms with E-state index in [4.69, 9.17) is 0 Å². The first kappa shape index (κ1) is 18.5. The SMILES string of the molecule is CC(C)[C@@H]1CC=C[C@H]2[C@H]3[C@](C)(CC[C@]12CBr)[C@@H](Br)CC[C@@]3(C)O. The monoisotopic (exact) mass is 446 g/mol. The molecule has 1 N–H and O–H groups in total. The number of hydrogen-bond donors (Lipinski definition) is 1. The van der Waals surface area contributed by atoms with E-state index in [0.29, 0.717) is 33.9 Å². The van der Waals surface area contributed by atoms with Crippen LogP contribution in [-0.2, 0) is 0 Å². The van der Waals surface area contributed by atoms with Gasteiger partial charge in [0.15, 0.2) is 0 Å². The Morgan fingerprint density at radius 1 is 1.22 bits per heavy atom. The van der Waals surface area contributed by atoms with E-state index in [1.54, 1.807) is 0 Å². The molecule has 3 heteroatoms. The average molecular weight is 448 g/mol. The van der Waals surface area contributed by atoms with Gasteiger partial charge in [-0.15, -0.1) is 0 Å². The van der Waals surface area contributed by atoms with Gasteiger partial charge < -0.3 is 5.11 Å². The number of halogens is 2. The van der Waals surface area contributed by atoms with Crippen molar-refractivity contribution in [3.63, 3.8) is 0 Å². The third-order valence-corrected chi connectivity index (χ3v) is 10.2. The molecule has 0 spiro atoms. The summed E-state index contributed by atoms with van der Waals surface area (Å²) in [5.41, 5.74) is -0.0524. The van der Waals surface area contributed by atoms with Gasteiger partial charge in [0.1, 0.15) is 0 Å². The van der Waals surface area contributed by atoms with Crippen molar-refractivity contribution in [1.82, 2.24) is 0 Å². The molecule has 0 aromatic heterocycles. The highest BCUT2D eigenvalue weighted by Crippen LogP contribution is 2.67. The lowest BCUT2D eigenvalue weighted by molar-refractivity contribution is -0.171. The van der Waals surface area contributed by atoms with Crippen molar-refractivity contribution in [2.75, 3.05) is 5.33 Å². The van der Waals surface area contributed by atoms with E-state index in [2.05, 4.69) is 71.7 Å². The highest BCUT2D eigenvalue weighted by Gasteiger charge is 2.63. The smallest absolute Gasteiger partial charge is 0.0659 e. The summed E-state index contributed by atoms with van der Waals surface area (Å²) in [5.74, 6) is 2.24. The van der Waals surface area contributed by atoms with E-state index >= 15 is 0 Å². The Balaban J connectivity index is 2.10. The van der Waals surface area contributed by atoms with Crippen LogP contribution in [0, 0.1) is 34.5 Å². The van der Waals surface area contributed by atoms with Crippen molar-refractivity contribution in [3.8, 4) is 0 Å².